The number of aromatic nitrogens is 3. The number of fused-ring (bicyclic) bond motifs is 1. The van der Waals surface area contributed by atoms with Gasteiger partial charge in [0.05, 0.1) is 0 Å². The first-order valence-electron chi connectivity index (χ1n) is 8.00. The molecular weight excluding hydrogens is 357 g/mol. The van der Waals surface area contributed by atoms with Crippen molar-refractivity contribution in [3.63, 3.8) is 0 Å². The number of benzene rings is 2. The quantitative estimate of drug-likeness (QED) is 0.468. The molecule has 0 aliphatic heterocycles. The van der Waals surface area contributed by atoms with Gasteiger partial charge < -0.3 is 8.98 Å². The lowest BCUT2D eigenvalue weighted by atomic mass is 10.2. The number of halogens is 2. The molecule has 126 valence electrons. The van der Waals surface area contributed by atoms with E-state index < -0.39 is 0 Å². The fraction of sp³-hybridized carbons (Fsp3) is 0.158. The van der Waals surface area contributed by atoms with Crippen LogP contribution in [0.2, 0.25) is 10.0 Å². The molecule has 2 aromatic carbocycles. The minimum atomic E-state index is 0.512. The normalized spacial score (nSPS) is 11.3. The molecule has 0 fully saturated rings. The van der Waals surface area contributed by atoms with Crippen molar-refractivity contribution in [2.24, 2.45) is 0 Å². The molecule has 4 aromatic rings. The van der Waals surface area contributed by atoms with Crippen LogP contribution in [-0.4, -0.2) is 14.8 Å². The Morgan fingerprint density at radius 2 is 1.88 bits per heavy atom. The molecule has 2 heterocycles. The van der Waals surface area contributed by atoms with Gasteiger partial charge in [-0.05, 0) is 29.8 Å². The molecule has 2 aromatic heterocycles. The van der Waals surface area contributed by atoms with Gasteiger partial charge in [-0.1, -0.05) is 54.4 Å². The van der Waals surface area contributed by atoms with Crippen LogP contribution in [0.25, 0.3) is 22.5 Å². The van der Waals surface area contributed by atoms with Crippen LogP contribution in [0.5, 0.6) is 0 Å². The minimum Gasteiger partial charge on any atom is -0.419 e. The average molecular weight is 372 g/mol. The predicted octanol–water partition coefficient (Wildman–Crippen LogP) is 5.61. The van der Waals surface area contributed by atoms with Gasteiger partial charge in [-0.25, -0.2) is 0 Å². The van der Waals surface area contributed by atoms with Crippen LogP contribution in [0, 0.1) is 0 Å². The van der Waals surface area contributed by atoms with Crippen LogP contribution in [0.15, 0.2) is 52.9 Å². The Hall–Kier alpha value is -2.30. The van der Waals surface area contributed by atoms with Gasteiger partial charge in [-0.3, -0.25) is 0 Å². The van der Waals surface area contributed by atoms with E-state index in [1.165, 1.54) is 0 Å². The topological polar surface area (TPSA) is 43.9 Å². The zero-order valence-corrected chi connectivity index (χ0v) is 15.1. The van der Waals surface area contributed by atoms with E-state index in [4.69, 9.17) is 27.6 Å². The molecule has 4 nitrogen and oxygen atoms in total. The predicted molar refractivity (Wildman–Crippen MR) is 100 cm³/mol. The molecular formula is C19H15Cl2N3O. The van der Waals surface area contributed by atoms with Gasteiger partial charge >= 0.3 is 0 Å². The molecule has 25 heavy (non-hydrogen) atoms. The van der Waals surface area contributed by atoms with Gasteiger partial charge in [-0.15, -0.1) is 10.2 Å². The molecule has 0 amide bonds. The van der Waals surface area contributed by atoms with Crippen LogP contribution >= 0.6 is 23.2 Å². The molecule has 0 spiro atoms. The largest absolute Gasteiger partial charge is 0.419 e. The molecule has 6 heteroatoms. The van der Waals surface area contributed by atoms with E-state index in [1.54, 1.807) is 6.07 Å². The molecule has 0 N–H and O–H groups in total. The van der Waals surface area contributed by atoms with Crippen molar-refractivity contribution in [1.29, 1.82) is 0 Å². The van der Waals surface area contributed by atoms with Gasteiger partial charge in [0.25, 0.3) is 5.89 Å². The Morgan fingerprint density at radius 3 is 2.64 bits per heavy atom. The second kappa shape index (κ2) is 6.54. The summed E-state index contributed by atoms with van der Waals surface area (Å²) >= 11 is 12.4. The lowest BCUT2D eigenvalue weighted by Crippen LogP contribution is -2.02. The van der Waals surface area contributed by atoms with E-state index in [9.17, 15) is 0 Å². The number of rotatable bonds is 4. The molecule has 0 saturated heterocycles. The van der Waals surface area contributed by atoms with E-state index in [1.807, 2.05) is 31.2 Å². The molecule has 0 aliphatic carbocycles. The van der Waals surface area contributed by atoms with Crippen LogP contribution in [-0.2, 0) is 13.0 Å². The first kappa shape index (κ1) is 16.2. The minimum absolute atomic E-state index is 0.512. The zero-order chi connectivity index (χ0) is 17.4. The molecule has 0 unspecified atom stereocenters. The van der Waals surface area contributed by atoms with E-state index in [0.717, 1.165) is 22.2 Å². The van der Waals surface area contributed by atoms with Crippen LogP contribution < -0.4 is 0 Å². The monoisotopic (exact) mass is 371 g/mol. The summed E-state index contributed by atoms with van der Waals surface area (Å²) in [7, 11) is 0. The summed E-state index contributed by atoms with van der Waals surface area (Å²) in [5, 5.41) is 10.7. The van der Waals surface area contributed by atoms with Crippen molar-refractivity contribution in [2.45, 2.75) is 19.9 Å². The van der Waals surface area contributed by atoms with Gasteiger partial charge in [0, 0.05) is 33.9 Å². The summed E-state index contributed by atoms with van der Waals surface area (Å²) < 4.78 is 7.92. The molecule has 0 bridgehead atoms. The van der Waals surface area contributed by atoms with Crippen molar-refractivity contribution >= 4 is 34.1 Å². The summed E-state index contributed by atoms with van der Waals surface area (Å²) in [5.74, 6) is 1.13. The highest BCUT2D eigenvalue weighted by Crippen LogP contribution is 2.30. The average Bonchev–Trinajstić information content (AvgIpc) is 3.22. The standard InChI is InChI=1S/C19H15Cl2N3O/c1-2-18-22-23-19(25-18)17-9-12-5-3-4-6-16(12)24(17)11-13-7-8-14(20)10-15(13)21/h3-10H,2,11H2,1H3. The van der Waals surface area contributed by atoms with Crippen molar-refractivity contribution in [1.82, 2.24) is 14.8 Å². The van der Waals surface area contributed by atoms with E-state index in [2.05, 4.69) is 33.0 Å². The van der Waals surface area contributed by atoms with E-state index >= 15 is 0 Å². The number of aryl methyl sites for hydroxylation is 1. The van der Waals surface area contributed by atoms with Gasteiger partial charge in [-0.2, -0.15) is 0 Å². The van der Waals surface area contributed by atoms with Gasteiger partial charge in [0.1, 0.15) is 5.69 Å². The SMILES string of the molecule is CCc1nnc(-c2cc3ccccc3n2Cc2ccc(Cl)cc2Cl)o1. The maximum atomic E-state index is 6.37. The second-order valence-electron chi connectivity index (χ2n) is 5.76. The molecule has 4 rings (SSSR count). The fourth-order valence-electron chi connectivity index (χ4n) is 2.88. The highest BCUT2D eigenvalue weighted by molar-refractivity contribution is 6.35. The summed E-state index contributed by atoms with van der Waals surface area (Å²) in [4.78, 5) is 0. The van der Waals surface area contributed by atoms with E-state index in [0.29, 0.717) is 34.8 Å². The Bertz CT molecular complexity index is 1050. The Labute approximate surface area is 155 Å². The van der Waals surface area contributed by atoms with Crippen LogP contribution in [0.4, 0.5) is 0 Å². The lowest BCUT2D eigenvalue weighted by Gasteiger charge is -2.11. The zero-order valence-electron chi connectivity index (χ0n) is 13.5. The van der Waals surface area contributed by atoms with Crippen molar-refractivity contribution in [3.8, 4) is 11.6 Å². The second-order valence-corrected chi connectivity index (χ2v) is 6.61. The van der Waals surface area contributed by atoms with Crippen molar-refractivity contribution < 1.29 is 4.42 Å². The van der Waals surface area contributed by atoms with Crippen LogP contribution in [0.1, 0.15) is 18.4 Å². The van der Waals surface area contributed by atoms with E-state index in [-0.39, 0.29) is 0 Å². The number of para-hydroxylation sites is 1. The van der Waals surface area contributed by atoms with Gasteiger partial charge in [0.2, 0.25) is 5.89 Å². The number of hydrogen-bond acceptors (Lipinski definition) is 3. The third-order valence-corrected chi connectivity index (χ3v) is 4.73. The Morgan fingerprint density at radius 1 is 1.04 bits per heavy atom. The maximum Gasteiger partial charge on any atom is 0.264 e. The lowest BCUT2D eigenvalue weighted by molar-refractivity contribution is 0.509. The summed E-state index contributed by atoms with van der Waals surface area (Å²) in [6.07, 6.45) is 0.705. The molecule has 0 saturated carbocycles. The van der Waals surface area contributed by atoms with Crippen molar-refractivity contribution in [3.05, 3.63) is 70.0 Å². The Balaban J connectivity index is 1.87. The molecule has 0 atom stereocenters. The highest BCUT2D eigenvalue weighted by atomic mass is 35.5. The Kier molecular flexibility index (Phi) is 4.24. The smallest absolute Gasteiger partial charge is 0.264 e. The maximum absolute atomic E-state index is 6.37. The number of hydrogen-bond donors (Lipinski definition) is 0. The molecule has 0 aliphatic rings. The fourth-order valence-corrected chi connectivity index (χ4v) is 3.35. The first-order valence-corrected chi connectivity index (χ1v) is 8.76. The van der Waals surface area contributed by atoms with Crippen molar-refractivity contribution in [2.75, 3.05) is 0 Å². The van der Waals surface area contributed by atoms with Gasteiger partial charge in [0.15, 0.2) is 0 Å². The third kappa shape index (κ3) is 3.03. The number of nitrogens with zero attached hydrogens (tertiary/aromatic N) is 3. The third-order valence-electron chi connectivity index (χ3n) is 4.14. The summed E-state index contributed by atoms with van der Waals surface area (Å²) in [5.41, 5.74) is 2.93. The first-order chi connectivity index (χ1) is 12.2. The van der Waals surface area contributed by atoms with Crippen LogP contribution in [0.3, 0.4) is 0 Å². The summed E-state index contributed by atoms with van der Waals surface area (Å²) in [6, 6.07) is 15.8. The summed E-state index contributed by atoms with van der Waals surface area (Å²) in [6.45, 7) is 2.57. The molecule has 0 radical (unpaired) electrons. The highest BCUT2D eigenvalue weighted by Gasteiger charge is 2.17.